The van der Waals surface area contributed by atoms with E-state index in [1.54, 1.807) is 17.0 Å². The van der Waals surface area contributed by atoms with Crippen LogP contribution in [0, 0.1) is 11.3 Å². The average molecular weight is 293 g/mol. The lowest BCUT2D eigenvalue weighted by Gasteiger charge is -2.36. The highest BCUT2D eigenvalue weighted by molar-refractivity contribution is 6.30. The monoisotopic (exact) mass is 292 g/mol. The topological polar surface area (TPSA) is 60.2 Å². The molecule has 2 rings (SSSR count). The van der Waals surface area contributed by atoms with E-state index in [4.69, 9.17) is 16.9 Å². The molecule has 0 bridgehead atoms. The number of carbonyl (C=O) groups is 1. The maximum Gasteiger partial charge on any atom is 0.272 e. The van der Waals surface area contributed by atoms with Crippen molar-refractivity contribution in [2.75, 3.05) is 26.2 Å². The van der Waals surface area contributed by atoms with E-state index in [2.05, 4.69) is 16.0 Å². The lowest BCUT2D eigenvalue weighted by Crippen LogP contribution is -2.51. The number of rotatable bonds is 3. The Kier molecular flexibility index (Phi) is 4.94. The van der Waals surface area contributed by atoms with Crippen LogP contribution in [0.25, 0.3) is 0 Å². The number of amides is 1. The van der Waals surface area contributed by atoms with Crippen LogP contribution in [0.15, 0.2) is 18.3 Å². The van der Waals surface area contributed by atoms with Crippen LogP contribution in [0.5, 0.6) is 0 Å². The molecule has 1 fully saturated rings. The first-order valence-corrected chi connectivity index (χ1v) is 7.08. The molecule has 106 valence electrons. The highest BCUT2D eigenvalue weighted by atomic mass is 35.5. The van der Waals surface area contributed by atoms with Crippen molar-refractivity contribution in [2.24, 2.45) is 0 Å². The fourth-order valence-corrected chi connectivity index (χ4v) is 2.44. The molecule has 5 nitrogen and oxygen atoms in total. The van der Waals surface area contributed by atoms with Crippen molar-refractivity contribution in [3.05, 3.63) is 29.0 Å². The first kappa shape index (κ1) is 14.8. The summed E-state index contributed by atoms with van der Waals surface area (Å²) in [5.74, 6) is -0.0775. The summed E-state index contributed by atoms with van der Waals surface area (Å²) in [6, 6.07) is 5.55. The van der Waals surface area contributed by atoms with Crippen molar-refractivity contribution < 1.29 is 4.79 Å². The third-order valence-corrected chi connectivity index (χ3v) is 3.75. The standard InChI is InChI=1S/C14H17ClN4O/c1-2-12(9-16)18-5-7-19(8-6-18)14(20)13-4-3-11(15)10-17-13/h3-4,10,12H,2,5-8H2,1H3. The van der Waals surface area contributed by atoms with E-state index in [1.807, 2.05) is 6.92 Å². The summed E-state index contributed by atoms with van der Waals surface area (Å²) in [4.78, 5) is 20.2. The Morgan fingerprint density at radius 2 is 2.15 bits per heavy atom. The quantitative estimate of drug-likeness (QED) is 0.852. The molecule has 1 aromatic rings. The number of piperazine rings is 1. The summed E-state index contributed by atoms with van der Waals surface area (Å²) in [5, 5.41) is 9.58. The van der Waals surface area contributed by atoms with Gasteiger partial charge in [0.1, 0.15) is 5.69 Å². The van der Waals surface area contributed by atoms with Gasteiger partial charge in [0, 0.05) is 32.4 Å². The Balaban J connectivity index is 1.95. The van der Waals surface area contributed by atoms with Crippen molar-refractivity contribution in [3.8, 4) is 6.07 Å². The zero-order valence-corrected chi connectivity index (χ0v) is 12.2. The minimum absolute atomic E-state index is 0.0547. The second kappa shape index (κ2) is 6.69. The van der Waals surface area contributed by atoms with Crippen LogP contribution >= 0.6 is 11.6 Å². The number of hydrogen-bond acceptors (Lipinski definition) is 4. The molecular weight excluding hydrogens is 276 g/mol. The molecule has 2 heterocycles. The summed E-state index contributed by atoms with van der Waals surface area (Å²) < 4.78 is 0. The number of aromatic nitrogens is 1. The molecule has 1 aromatic heterocycles. The van der Waals surface area contributed by atoms with Gasteiger partial charge in [-0.2, -0.15) is 5.26 Å². The van der Waals surface area contributed by atoms with E-state index in [9.17, 15) is 4.79 Å². The minimum Gasteiger partial charge on any atom is -0.335 e. The van der Waals surface area contributed by atoms with Crippen molar-refractivity contribution in [1.29, 1.82) is 5.26 Å². The van der Waals surface area contributed by atoms with E-state index in [1.165, 1.54) is 6.20 Å². The molecule has 1 saturated heterocycles. The molecular formula is C14H17ClN4O. The lowest BCUT2D eigenvalue weighted by atomic mass is 10.1. The minimum atomic E-state index is -0.0775. The molecule has 1 atom stereocenters. The number of nitriles is 1. The van der Waals surface area contributed by atoms with Gasteiger partial charge in [-0.3, -0.25) is 9.69 Å². The van der Waals surface area contributed by atoms with Gasteiger partial charge >= 0.3 is 0 Å². The largest absolute Gasteiger partial charge is 0.335 e. The Morgan fingerprint density at radius 1 is 1.45 bits per heavy atom. The predicted molar refractivity (Wildman–Crippen MR) is 76.4 cm³/mol. The number of pyridine rings is 1. The van der Waals surface area contributed by atoms with Crippen LogP contribution in [0.2, 0.25) is 5.02 Å². The van der Waals surface area contributed by atoms with E-state index >= 15 is 0 Å². The summed E-state index contributed by atoms with van der Waals surface area (Å²) in [6.07, 6.45) is 2.29. The van der Waals surface area contributed by atoms with Gasteiger partial charge in [-0.15, -0.1) is 0 Å². The molecule has 1 aliphatic heterocycles. The van der Waals surface area contributed by atoms with Gasteiger partial charge in [0.05, 0.1) is 17.1 Å². The van der Waals surface area contributed by atoms with E-state index in [0.29, 0.717) is 23.8 Å². The highest BCUT2D eigenvalue weighted by Crippen LogP contribution is 2.12. The fraction of sp³-hybridized carbons (Fsp3) is 0.500. The van der Waals surface area contributed by atoms with Crippen LogP contribution in [-0.2, 0) is 0 Å². The number of nitrogens with zero attached hydrogens (tertiary/aromatic N) is 4. The third-order valence-electron chi connectivity index (χ3n) is 3.52. The van der Waals surface area contributed by atoms with Gasteiger partial charge in [0.15, 0.2) is 0 Å². The maximum atomic E-state index is 12.3. The number of hydrogen-bond donors (Lipinski definition) is 0. The van der Waals surface area contributed by atoms with Crippen molar-refractivity contribution in [2.45, 2.75) is 19.4 Å². The average Bonchev–Trinajstić information content (AvgIpc) is 2.49. The predicted octanol–water partition coefficient (Wildman–Crippen LogP) is 1.79. The normalized spacial score (nSPS) is 17.6. The third kappa shape index (κ3) is 3.27. The molecule has 0 spiro atoms. The SMILES string of the molecule is CCC(C#N)N1CCN(C(=O)c2ccc(Cl)cn2)CC1. The molecule has 1 unspecified atom stereocenters. The van der Waals surface area contributed by atoms with E-state index in [-0.39, 0.29) is 11.9 Å². The van der Waals surface area contributed by atoms with E-state index in [0.717, 1.165) is 19.5 Å². The van der Waals surface area contributed by atoms with Crippen molar-refractivity contribution >= 4 is 17.5 Å². The van der Waals surface area contributed by atoms with Crippen molar-refractivity contribution in [3.63, 3.8) is 0 Å². The van der Waals surface area contributed by atoms with Crippen molar-refractivity contribution in [1.82, 2.24) is 14.8 Å². The van der Waals surface area contributed by atoms with Gasteiger partial charge < -0.3 is 4.90 Å². The molecule has 6 heteroatoms. The Bertz CT molecular complexity index is 503. The summed E-state index contributed by atoms with van der Waals surface area (Å²) in [7, 11) is 0. The first-order chi connectivity index (χ1) is 9.65. The Morgan fingerprint density at radius 3 is 2.65 bits per heavy atom. The molecule has 0 aliphatic carbocycles. The van der Waals surface area contributed by atoms with Gasteiger partial charge in [0.25, 0.3) is 5.91 Å². The van der Waals surface area contributed by atoms with Crippen LogP contribution in [0.4, 0.5) is 0 Å². The molecule has 0 aromatic carbocycles. The number of carbonyl (C=O) groups excluding carboxylic acids is 1. The second-order valence-corrected chi connectivity index (χ2v) is 5.18. The fourth-order valence-electron chi connectivity index (χ4n) is 2.33. The molecule has 0 saturated carbocycles. The number of halogens is 1. The van der Waals surface area contributed by atoms with Crippen LogP contribution in [-0.4, -0.2) is 52.9 Å². The summed E-state index contributed by atoms with van der Waals surface area (Å²) >= 11 is 5.76. The Hall–Kier alpha value is -1.64. The molecule has 20 heavy (non-hydrogen) atoms. The zero-order chi connectivity index (χ0) is 14.5. The summed E-state index contributed by atoms with van der Waals surface area (Å²) in [6.45, 7) is 4.71. The van der Waals surface area contributed by atoms with Gasteiger partial charge in [-0.1, -0.05) is 18.5 Å². The summed E-state index contributed by atoms with van der Waals surface area (Å²) in [5.41, 5.74) is 0.412. The van der Waals surface area contributed by atoms with Crippen LogP contribution < -0.4 is 0 Å². The maximum absolute atomic E-state index is 12.3. The molecule has 0 radical (unpaired) electrons. The van der Waals surface area contributed by atoms with Crippen LogP contribution in [0.3, 0.4) is 0 Å². The smallest absolute Gasteiger partial charge is 0.272 e. The second-order valence-electron chi connectivity index (χ2n) is 4.74. The lowest BCUT2D eigenvalue weighted by molar-refractivity contribution is 0.0599. The molecule has 1 aliphatic rings. The van der Waals surface area contributed by atoms with Gasteiger partial charge in [0.2, 0.25) is 0 Å². The highest BCUT2D eigenvalue weighted by Gasteiger charge is 2.26. The van der Waals surface area contributed by atoms with Gasteiger partial charge in [-0.25, -0.2) is 4.98 Å². The van der Waals surface area contributed by atoms with Crippen LogP contribution in [0.1, 0.15) is 23.8 Å². The first-order valence-electron chi connectivity index (χ1n) is 6.70. The Labute approximate surface area is 123 Å². The molecule has 0 N–H and O–H groups in total. The molecule has 1 amide bonds. The zero-order valence-electron chi connectivity index (χ0n) is 11.4. The van der Waals surface area contributed by atoms with Gasteiger partial charge in [-0.05, 0) is 18.6 Å². The van der Waals surface area contributed by atoms with E-state index < -0.39 is 0 Å².